The minimum atomic E-state index is -5.48. The van der Waals surface area contributed by atoms with Gasteiger partial charge in [0.1, 0.15) is 11.5 Å². The SMILES string of the molecule is CC(=O)O.[2H]C([2H])(Oc1ccc(OC([2H])([2H])C(F)(F)F)c(C(=O)NCC2CCCCN2)c1)C(F)(F)F. The average molecular weight is 478 g/mol. The summed E-state index contributed by atoms with van der Waals surface area (Å²) in [5.74, 6) is -3.64. The number of nitrogens with one attached hydrogen (secondary N) is 2. The van der Waals surface area contributed by atoms with E-state index in [1.807, 2.05) is 0 Å². The van der Waals surface area contributed by atoms with Gasteiger partial charge in [0, 0.05) is 19.5 Å². The highest BCUT2D eigenvalue weighted by atomic mass is 19.4. The Balaban J connectivity index is 0.00000150. The molecule has 0 aliphatic carbocycles. The molecule has 0 bridgehead atoms. The second kappa shape index (κ2) is 12.4. The number of rotatable bonds is 7. The number of hydrogen-bond donors (Lipinski definition) is 3. The Morgan fingerprint density at radius 3 is 2.28 bits per heavy atom. The van der Waals surface area contributed by atoms with E-state index >= 15 is 0 Å². The molecule has 1 atom stereocenters. The summed E-state index contributed by atoms with van der Waals surface area (Å²) < 4.78 is 113. The van der Waals surface area contributed by atoms with Crippen LogP contribution < -0.4 is 20.1 Å². The monoisotopic (exact) mass is 478 g/mol. The summed E-state index contributed by atoms with van der Waals surface area (Å²) in [5, 5.41) is 12.9. The Bertz CT molecular complexity index is 905. The average Bonchev–Trinajstić information content (AvgIpc) is 2.71. The molecule has 1 unspecified atom stereocenters. The lowest BCUT2D eigenvalue weighted by Crippen LogP contribution is -2.43. The highest BCUT2D eigenvalue weighted by Gasteiger charge is 2.30. The molecular weight excluding hydrogens is 450 g/mol. The number of ether oxygens (including phenoxy) is 2. The van der Waals surface area contributed by atoms with E-state index in [1.54, 1.807) is 0 Å². The molecule has 7 nitrogen and oxygen atoms in total. The summed E-state index contributed by atoms with van der Waals surface area (Å²) in [7, 11) is 0. The summed E-state index contributed by atoms with van der Waals surface area (Å²) >= 11 is 0. The molecule has 0 radical (unpaired) electrons. The van der Waals surface area contributed by atoms with Crippen molar-refractivity contribution in [3.05, 3.63) is 23.8 Å². The van der Waals surface area contributed by atoms with Gasteiger partial charge in [-0.1, -0.05) is 6.42 Å². The Labute approximate surface area is 185 Å². The van der Waals surface area contributed by atoms with Crippen LogP contribution in [0.4, 0.5) is 26.3 Å². The standard InChI is InChI=1S/C17H20F6N2O3.C2H4O2/c18-16(19,20)9-27-12-4-5-14(28-10-17(21,22)23)13(7-12)15(26)25-8-11-3-1-2-6-24-11;1-2(3)4/h4-5,7,11,24H,1-3,6,8-10H2,(H,25,26);1H3,(H,3,4)/i9D2,10D2;. The maximum Gasteiger partial charge on any atom is 0.422 e. The van der Waals surface area contributed by atoms with Gasteiger partial charge in [-0.15, -0.1) is 0 Å². The fourth-order valence-corrected chi connectivity index (χ4v) is 2.48. The molecule has 1 amide bonds. The molecule has 0 spiro atoms. The molecule has 1 aromatic carbocycles. The zero-order chi connectivity index (χ0) is 27.9. The van der Waals surface area contributed by atoms with Crippen LogP contribution in [-0.2, 0) is 4.79 Å². The van der Waals surface area contributed by atoms with E-state index in [9.17, 15) is 31.1 Å². The van der Waals surface area contributed by atoms with E-state index in [1.165, 1.54) is 0 Å². The number of amides is 1. The van der Waals surface area contributed by atoms with Crippen molar-refractivity contribution >= 4 is 11.9 Å². The molecule has 3 N–H and O–H groups in total. The maximum absolute atomic E-state index is 12.9. The van der Waals surface area contributed by atoms with Gasteiger partial charge in [-0.3, -0.25) is 9.59 Å². The number of carbonyl (C=O) groups is 2. The molecule has 0 aromatic heterocycles. The third-order valence-corrected chi connectivity index (χ3v) is 3.68. The van der Waals surface area contributed by atoms with Crippen LogP contribution in [0.5, 0.6) is 11.5 Å². The molecular formula is C19H24F6N2O5. The van der Waals surface area contributed by atoms with E-state index in [2.05, 4.69) is 20.1 Å². The number of piperidine rings is 1. The molecule has 1 fully saturated rings. The van der Waals surface area contributed by atoms with Crippen LogP contribution in [0.15, 0.2) is 18.2 Å². The highest BCUT2D eigenvalue weighted by molar-refractivity contribution is 5.97. The number of hydrogen-bond acceptors (Lipinski definition) is 5. The van der Waals surface area contributed by atoms with Gasteiger partial charge >= 0.3 is 12.4 Å². The summed E-state index contributed by atoms with van der Waals surface area (Å²) in [5.41, 5.74) is -0.760. The number of alkyl halides is 6. The van der Waals surface area contributed by atoms with Crippen molar-refractivity contribution in [3.63, 3.8) is 0 Å². The van der Waals surface area contributed by atoms with Crippen LogP contribution in [0.25, 0.3) is 0 Å². The second-order valence-corrected chi connectivity index (χ2v) is 6.44. The molecule has 32 heavy (non-hydrogen) atoms. The minimum absolute atomic E-state index is 0.0406. The van der Waals surface area contributed by atoms with Crippen molar-refractivity contribution in [2.75, 3.05) is 26.2 Å². The van der Waals surface area contributed by atoms with Crippen LogP contribution >= 0.6 is 0 Å². The molecule has 1 heterocycles. The third kappa shape index (κ3) is 12.2. The van der Waals surface area contributed by atoms with Crippen molar-refractivity contribution in [2.24, 2.45) is 0 Å². The van der Waals surface area contributed by atoms with E-state index in [4.69, 9.17) is 15.4 Å². The first-order valence-electron chi connectivity index (χ1n) is 11.1. The summed E-state index contributed by atoms with van der Waals surface area (Å²) in [4.78, 5) is 21.6. The number of halogens is 6. The van der Waals surface area contributed by atoms with Crippen molar-refractivity contribution in [1.29, 1.82) is 0 Å². The maximum atomic E-state index is 12.9. The quantitative estimate of drug-likeness (QED) is 0.519. The molecule has 0 saturated carbocycles. The fourth-order valence-electron chi connectivity index (χ4n) is 2.48. The Kier molecular flexibility index (Phi) is 8.18. The first-order valence-corrected chi connectivity index (χ1v) is 9.13. The van der Waals surface area contributed by atoms with Gasteiger partial charge in [-0.05, 0) is 37.6 Å². The predicted octanol–water partition coefficient (Wildman–Crippen LogP) is 3.53. The van der Waals surface area contributed by atoms with Gasteiger partial charge in [0.2, 0.25) is 0 Å². The van der Waals surface area contributed by atoms with Crippen LogP contribution in [0.2, 0.25) is 0 Å². The van der Waals surface area contributed by atoms with Gasteiger partial charge in [-0.2, -0.15) is 26.3 Å². The molecule has 2 rings (SSSR count). The van der Waals surface area contributed by atoms with Gasteiger partial charge in [0.15, 0.2) is 13.1 Å². The molecule has 13 heteroatoms. The van der Waals surface area contributed by atoms with Crippen molar-refractivity contribution in [2.45, 2.75) is 44.6 Å². The lowest BCUT2D eigenvalue weighted by Gasteiger charge is -2.24. The topological polar surface area (TPSA) is 96.9 Å². The van der Waals surface area contributed by atoms with E-state index < -0.39 is 54.4 Å². The lowest BCUT2D eigenvalue weighted by atomic mass is 10.0. The zero-order valence-electron chi connectivity index (χ0n) is 20.7. The van der Waals surface area contributed by atoms with Gasteiger partial charge < -0.3 is 25.2 Å². The number of benzene rings is 1. The van der Waals surface area contributed by atoms with E-state index in [0.717, 1.165) is 19.8 Å². The van der Waals surface area contributed by atoms with Crippen molar-refractivity contribution in [1.82, 2.24) is 10.6 Å². The highest BCUT2D eigenvalue weighted by Crippen LogP contribution is 2.28. The third-order valence-electron chi connectivity index (χ3n) is 3.68. The van der Waals surface area contributed by atoms with E-state index in [-0.39, 0.29) is 12.6 Å². The van der Waals surface area contributed by atoms with Crippen LogP contribution in [0, 0.1) is 0 Å². The normalized spacial score (nSPS) is 19.2. The molecule has 1 saturated heterocycles. The molecule has 1 aliphatic rings. The fraction of sp³-hybridized carbons (Fsp3) is 0.579. The second-order valence-electron chi connectivity index (χ2n) is 6.44. The molecule has 182 valence electrons. The number of carbonyl (C=O) groups excluding carboxylic acids is 1. The van der Waals surface area contributed by atoms with Crippen LogP contribution in [0.1, 0.15) is 42.0 Å². The minimum Gasteiger partial charge on any atom is -0.484 e. The smallest absolute Gasteiger partial charge is 0.422 e. The Hall–Kier alpha value is -2.70. The summed E-state index contributed by atoms with van der Waals surface area (Å²) in [6, 6.07) is 1.64. The Morgan fingerprint density at radius 2 is 1.75 bits per heavy atom. The number of carboxylic acid groups (broad SMARTS) is 1. The largest absolute Gasteiger partial charge is 0.484 e. The van der Waals surface area contributed by atoms with Crippen molar-refractivity contribution in [3.8, 4) is 11.5 Å². The van der Waals surface area contributed by atoms with Crippen LogP contribution in [0.3, 0.4) is 0 Å². The summed E-state index contributed by atoms with van der Waals surface area (Å²) in [6.07, 6.45) is -8.41. The van der Waals surface area contributed by atoms with Crippen molar-refractivity contribution < 1.29 is 56.0 Å². The zero-order valence-corrected chi connectivity index (χ0v) is 16.7. The summed E-state index contributed by atoms with van der Waals surface area (Å²) in [6.45, 7) is -6.55. The Morgan fingerprint density at radius 1 is 1.16 bits per heavy atom. The number of aliphatic carboxylic acids is 1. The molecule has 1 aromatic rings. The van der Waals surface area contributed by atoms with Gasteiger partial charge in [-0.25, -0.2) is 0 Å². The molecule has 1 aliphatic heterocycles. The first-order chi connectivity index (χ1) is 16.3. The van der Waals surface area contributed by atoms with Gasteiger partial charge in [0.05, 0.1) is 11.0 Å². The predicted molar refractivity (Wildman–Crippen MR) is 101 cm³/mol. The van der Waals surface area contributed by atoms with Crippen LogP contribution in [-0.4, -0.2) is 61.6 Å². The van der Waals surface area contributed by atoms with E-state index in [0.29, 0.717) is 31.2 Å². The lowest BCUT2D eigenvalue weighted by molar-refractivity contribution is -0.154. The number of carboxylic acids is 1. The first kappa shape index (κ1) is 21.2. The van der Waals surface area contributed by atoms with Gasteiger partial charge in [0.25, 0.3) is 11.9 Å².